The van der Waals surface area contributed by atoms with Crippen molar-refractivity contribution in [1.29, 1.82) is 0 Å². The average molecular weight is 459 g/mol. The third-order valence-electron chi connectivity index (χ3n) is 5.18. The van der Waals surface area contributed by atoms with Crippen LogP contribution in [0.15, 0.2) is 91.0 Å². The quantitative estimate of drug-likeness (QED) is 0.312. The van der Waals surface area contributed by atoms with Gasteiger partial charge in [0.1, 0.15) is 0 Å². The van der Waals surface area contributed by atoms with Crippen molar-refractivity contribution in [3.8, 4) is 0 Å². The highest BCUT2D eigenvalue weighted by molar-refractivity contribution is 7.85. The van der Waals surface area contributed by atoms with Crippen molar-refractivity contribution in [2.24, 2.45) is 0 Å². The minimum atomic E-state index is -1.79. The summed E-state index contributed by atoms with van der Waals surface area (Å²) >= 11 is 0. The van der Waals surface area contributed by atoms with Crippen LogP contribution in [0.25, 0.3) is 0 Å². The summed E-state index contributed by atoms with van der Waals surface area (Å²) in [6.07, 6.45) is 0. The van der Waals surface area contributed by atoms with Crippen molar-refractivity contribution in [1.82, 2.24) is 0 Å². The molecule has 3 aromatic carbocycles. The van der Waals surface area contributed by atoms with Crippen molar-refractivity contribution in [3.05, 3.63) is 91.0 Å². The van der Waals surface area contributed by atoms with E-state index in [1.165, 1.54) is 15.9 Å². The molecule has 1 aliphatic rings. The Balaban J connectivity index is 0.00000182. The summed E-state index contributed by atoms with van der Waals surface area (Å²) in [5.74, 6) is 0. The van der Waals surface area contributed by atoms with Crippen molar-refractivity contribution in [2.75, 3.05) is 0 Å². The van der Waals surface area contributed by atoms with E-state index < -0.39 is 7.05 Å². The van der Waals surface area contributed by atoms with E-state index in [-0.39, 0.29) is 24.0 Å². The molecule has 0 saturated carbocycles. The predicted molar refractivity (Wildman–Crippen MR) is 104 cm³/mol. The average Bonchev–Trinajstić information content (AvgIpc) is 3.25. The lowest BCUT2D eigenvalue weighted by Gasteiger charge is -2.21. The zero-order valence-corrected chi connectivity index (χ0v) is 17.6. The minimum absolute atomic E-state index is 0. The molecule has 1 fully saturated rings. The molecule has 2 unspecified atom stereocenters. The third-order valence-corrected chi connectivity index (χ3v) is 9.74. The summed E-state index contributed by atoms with van der Waals surface area (Å²) in [5, 5.41) is 4.33. The largest absolute Gasteiger partial charge is 1.00 e. The summed E-state index contributed by atoms with van der Waals surface area (Å²) in [4.78, 5) is 0. The Morgan fingerprint density at radius 1 is 0.560 bits per heavy atom. The molecule has 1 nitrogen and oxygen atoms in total. The molecule has 128 valence electrons. The van der Waals surface area contributed by atoms with E-state index in [4.69, 9.17) is 0 Å². The molecule has 0 radical (unpaired) electrons. The van der Waals surface area contributed by atoms with Gasteiger partial charge in [-0.05, 0) is 36.4 Å². The lowest BCUT2D eigenvalue weighted by atomic mass is 10.4. The molecule has 1 heterocycles. The van der Waals surface area contributed by atoms with Crippen LogP contribution in [-0.2, 0) is 0 Å². The Morgan fingerprint density at radius 3 is 1.08 bits per heavy atom. The Labute approximate surface area is 167 Å². The van der Waals surface area contributed by atoms with E-state index in [0.717, 1.165) is 0 Å². The van der Waals surface area contributed by atoms with Crippen molar-refractivity contribution in [3.63, 3.8) is 0 Å². The van der Waals surface area contributed by atoms with Gasteiger partial charge in [-0.1, -0.05) is 54.6 Å². The third kappa shape index (κ3) is 3.00. The van der Waals surface area contributed by atoms with Crippen LogP contribution < -0.4 is 39.9 Å². The van der Waals surface area contributed by atoms with Gasteiger partial charge >= 0.3 is 0 Å². The standard InChI is InChI=1S/C22H23NP.HI/c1-18-19(2)23(18)24(20-12-6-3-7-13-20,21-14-8-4-9-15-21)22-16-10-5-11-17-22;/h3-19H,1-2H3;1H/q+1;/p-1. The van der Waals surface area contributed by atoms with Gasteiger partial charge in [-0.2, -0.15) is 0 Å². The second-order valence-corrected chi connectivity index (χ2v) is 9.79. The Bertz CT molecular complexity index is 778. The van der Waals surface area contributed by atoms with Gasteiger partial charge < -0.3 is 24.0 Å². The summed E-state index contributed by atoms with van der Waals surface area (Å²) in [5.41, 5.74) is 0. The molecule has 0 amide bonds. The molecule has 4 rings (SSSR count). The van der Waals surface area contributed by atoms with E-state index in [1.807, 2.05) is 0 Å². The van der Waals surface area contributed by atoms with E-state index in [9.17, 15) is 0 Å². The molecule has 3 aromatic rings. The monoisotopic (exact) mass is 459 g/mol. The predicted octanol–water partition coefficient (Wildman–Crippen LogP) is 0.971. The van der Waals surface area contributed by atoms with Gasteiger partial charge in [0.15, 0.2) is 7.05 Å². The van der Waals surface area contributed by atoms with E-state index >= 15 is 0 Å². The highest BCUT2D eigenvalue weighted by atomic mass is 127. The molecule has 0 aromatic heterocycles. The van der Waals surface area contributed by atoms with Crippen LogP contribution in [0.5, 0.6) is 0 Å². The molecular weight excluding hydrogens is 436 g/mol. The van der Waals surface area contributed by atoms with Crippen molar-refractivity contribution >= 4 is 23.0 Å². The van der Waals surface area contributed by atoms with Gasteiger partial charge in [0.25, 0.3) is 0 Å². The number of hydrogen-bond donors (Lipinski definition) is 0. The maximum Gasteiger partial charge on any atom is 0.206 e. The highest BCUT2D eigenvalue weighted by Crippen LogP contribution is 2.52. The first-order chi connectivity index (χ1) is 11.8. The highest BCUT2D eigenvalue weighted by Gasteiger charge is 2.55. The van der Waals surface area contributed by atoms with Crippen LogP contribution >= 0.6 is 7.05 Å². The molecule has 2 atom stereocenters. The van der Waals surface area contributed by atoms with Crippen LogP contribution in [-0.4, -0.2) is 16.4 Å². The van der Waals surface area contributed by atoms with Crippen LogP contribution in [0.3, 0.4) is 0 Å². The lowest BCUT2D eigenvalue weighted by Crippen LogP contribution is -3.00. The zero-order chi connectivity index (χ0) is 16.6. The van der Waals surface area contributed by atoms with Crippen LogP contribution in [0.2, 0.25) is 0 Å². The molecule has 25 heavy (non-hydrogen) atoms. The molecule has 1 saturated heterocycles. The first-order valence-electron chi connectivity index (χ1n) is 8.61. The van der Waals surface area contributed by atoms with Crippen LogP contribution in [0.4, 0.5) is 0 Å². The van der Waals surface area contributed by atoms with Gasteiger partial charge in [-0.25, -0.2) is 4.33 Å². The maximum absolute atomic E-state index is 2.74. The van der Waals surface area contributed by atoms with Gasteiger partial charge in [0, 0.05) is 29.8 Å². The Kier molecular flexibility index (Phi) is 5.50. The normalized spacial score (nSPS) is 19.2. The van der Waals surface area contributed by atoms with Crippen molar-refractivity contribution in [2.45, 2.75) is 25.9 Å². The smallest absolute Gasteiger partial charge is 0.206 e. The van der Waals surface area contributed by atoms with E-state index in [2.05, 4.69) is 109 Å². The van der Waals surface area contributed by atoms with Crippen LogP contribution in [0, 0.1) is 0 Å². The molecule has 0 spiro atoms. The summed E-state index contributed by atoms with van der Waals surface area (Å²) in [7, 11) is -1.79. The molecule has 0 bridgehead atoms. The number of halogens is 1. The zero-order valence-electron chi connectivity index (χ0n) is 14.6. The first-order valence-corrected chi connectivity index (χ1v) is 10.3. The maximum atomic E-state index is 2.74. The SMILES string of the molecule is CC1C(C)[N+]1=P(c1ccccc1)(c1ccccc1)c1ccccc1.[I-]. The van der Waals surface area contributed by atoms with E-state index in [0.29, 0.717) is 12.1 Å². The lowest BCUT2D eigenvalue weighted by molar-refractivity contribution is -0.352. The fourth-order valence-electron chi connectivity index (χ4n) is 3.81. The first kappa shape index (κ1) is 18.4. The van der Waals surface area contributed by atoms with Gasteiger partial charge in [-0.15, -0.1) is 0 Å². The number of nitrogens with zero attached hydrogens (tertiary/aromatic N) is 1. The van der Waals surface area contributed by atoms with Crippen LogP contribution in [0.1, 0.15) is 13.8 Å². The summed E-state index contributed by atoms with van der Waals surface area (Å²) in [6, 6.07) is 34.5. The molecule has 1 aliphatic heterocycles. The van der Waals surface area contributed by atoms with Gasteiger partial charge in [0.05, 0.1) is 0 Å². The Hall–Kier alpha value is -1.38. The number of hydrogen-bond acceptors (Lipinski definition) is 0. The summed E-state index contributed by atoms with van der Waals surface area (Å²) < 4.78 is 2.74. The van der Waals surface area contributed by atoms with Crippen molar-refractivity contribution < 1.29 is 28.3 Å². The van der Waals surface area contributed by atoms with E-state index in [1.54, 1.807) is 0 Å². The van der Waals surface area contributed by atoms with Gasteiger partial charge in [0.2, 0.25) is 12.1 Å². The second-order valence-electron chi connectivity index (χ2n) is 6.50. The molecule has 0 N–H and O–H groups in total. The second kappa shape index (κ2) is 7.47. The minimum Gasteiger partial charge on any atom is -1.00 e. The fourth-order valence-corrected chi connectivity index (χ4v) is 8.73. The number of rotatable bonds is 3. The molecule has 3 heteroatoms. The molecular formula is C22H23INP. The van der Waals surface area contributed by atoms with Gasteiger partial charge in [-0.3, -0.25) is 0 Å². The Morgan fingerprint density at radius 2 is 0.840 bits per heavy atom. The summed E-state index contributed by atoms with van der Waals surface area (Å²) in [6.45, 7) is 4.71. The topological polar surface area (TPSA) is 3.01 Å². The molecule has 0 aliphatic carbocycles. The fraction of sp³-hybridized carbons (Fsp3) is 0.182. The number of benzene rings is 3.